The first-order chi connectivity index (χ1) is 9.20. The van der Waals surface area contributed by atoms with Crippen LogP contribution in [-0.2, 0) is 4.79 Å². The van der Waals surface area contributed by atoms with Crippen LogP contribution >= 0.6 is 11.8 Å². The second-order valence-electron chi connectivity index (χ2n) is 5.51. The summed E-state index contributed by atoms with van der Waals surface area (Å²) < 4.78 is 0. The summed E-state index contributed by atoms with van der Waals surface area (Å²) in [6, 6.07) is 0.293. The number of fused-ring (bicyclic) bond motifs is 1. The fraction of sp³-hybridized carbons (Fsp3) is 0.857. The number of thioether (sulfide) groups is 1. The Hall–Kier alpha value is -0.710. The molecule has 0 aromatic carbocycles. The van der Waals surface area contributed by atoms with E-state index in [-0.39, 0.29) is 11.9 Å². The summed E-state index contributed by atoms with van der Waals surface area (Å²) >= 11 is 1.78. The van der Waals surface area contributed by atoms with Crippen molar-refractivity contribution in [1.29, 1.82) is 0 Å². The Bertz CT molecular complexity index is 346. The number of hydrogen-bond acceptors (Lipinski definition) is 4. The molecule has 19 heavy (non-hydrogen) atoms. The van der Waals surface area contributed by atoms with Gasteiger partial charge in [0.2, 0.25) is 5.91 Å². The van der Waals surface area contributed by atoms with E-state index in [1.54, 1.807) is 11.8 Å². The number of nitrogens with zero attached hydrogens (tertiary/aromatic N) is 1. The van der Waals surface area contributed by atoms with Gasteiger partial charge < -0.3 is 10.6 Å². The van der Waals surface area contributed by atoms with Crippen molar-refractivity contribution in [3.63, 3.8) is 0 Å². The first-order valence-electron chi connectivity index (χ1n) is 7.45. The molecular weight excluding hydrogens is 258 g/mol. The molecule has 4 nitrogen and oxygen atoms in total. The van der Waals surface area contributed by atoms with E-state index in [1.165, 1.54) is 25.7 Å². The Balaban J connectivity index is 1.85. The van der Waals surface area contributed by atoms with Gasteiger partial charge in [0.25, 0.3) is 0 Å². The molecule has 1 heterocycles. The zero-order valence-corrected chi connectivity index (χ0v) is 12.8. The topological polar surface area (TPSA) is 53.5 Å². The molecular formula is C14H25N3OS. The van der Waals surface area contributed by atoms with Gasteiger partial charge in [-0.3, -0.25) is 9.79 Å². The van der Waals surface area contributed by atoms with Gasteiger partial charge in [-0.25, -0.2) is 0 Å². The molecule has 3 atom stereocenters. The SMILES string of the molecule is CCCNC(=O)C(C)NC1=NC2CCCCC2CS1. The van der Waals surface area contributed by atoms with Crippen LogP contribution in [0.3, 0.4) is 0 Å². The molecule has 5 heteroatoms. The van der Waals surface area contributed by atoms with Crippen LogP contribution in [0.4, 0.5) is 0 Å². The predicted octanol–water partition coefficient (Wildman–Crippen LogP) is 2.15. The quantitative estimate of drug-likeness (QED) is 0.831. The van der Waals surface area contributed by atoms with Crippen LogP contribution in [0.15, 0.2) is 4.99 Å². The van der Waals surface area contributed by atoms with Crippen molar-refractivity contribution in [2.75, 3.05) is 12.3 Å². The highest BCUT2D eigenvalue weighted by atomic mass is 32.2. The summed E-state index contributed by atoms with van der Waals surface area (Å²) in [6.45, 7) is 4.71. The molecule has 3 unspecified atom stereocenters. The van der Waals surface area contributed by atoms with Gasteiger partial charge in [-0.1, -0.05) is 31.5 Å². The number of amidine groups is 1. The lowest BCUT2D eigenvalue weighted by atomic mass is 9.86. The Morgan fingerprint density at radius 2 is 2.26 bits per heavy atom. The molecule has 108 valence electrons. The molecule has 0 bridgehead atoms. The van der Waals surface area contributed by atoms with Crippen molar-refractivity contribution < 1.29 is 4.79 Å². The van der Waals surface area contributed by atoms with Gasteiger partial charge in [0.05, 0.1) is 6.04 Å². The van der Waals surface area contributed by atoms with Crippen LogP contribution in [0, 0.1) is 5.92 Å². The molecule has 2 aliphatic rings. The number of carbonyl (C=O) groups excluding carboxylic acids is 1. The highest BCUT2D eigenvalue weighted by molar-refractivity contribution is 8.13. The summed E-state index contributed by atoms with van der Waals surface area (Å²) in [5.74, 6) is 1.98. The molecule has 0 aromatic rings. The van der Waals surface area contributed by atoms with Crippen LogP contribution in [0.25, 0.3) is 0 Å². The monoisotopic (exact) mass is 283 g/mol. The average molecular weight is 283 g/mol. The zero-order chi connectivity index (χ0) is 13.7. The Kier molecular flexibility index (Phi) is 5.55. The van der Waals surface area contributed by atoms with Crippen molar-refractivity contribution in [1.82, 2.24) is 10.6 Å². The number of hydrogen-bond donors (Lipinski definition) is 2. The van der Waals surface area contributed by atoms with Gasteiger partial charge in [-0.05, 0) is 32.1 Å². The van der Waals surface area contributed by atoms with E-state index in [9.17, 15) is 4.79 Å². The van der Waals surface area contributed by atoms with Crippen LogP contribution < -0.4 is 10.6 Å². The molecule has 0 radical (unpaired) electrons. The van der Waals surface area contributed by atoms with E-state index in [1.807, 2.05) is 6.92 Å². The van der Waals surface area contributed by atoms with Gasteiger partial charge in [0.1, 0.15) is 6.04 Å². The minimum absolute atomic E-state index is 0.0657. The van der Waals surface area contributed by atoms with Crippen LogP contribution in [0.1, 0.15) is 46.0 Å². The van der Waals surface area contributed by atoms with Gasteiger partial charge in [-0.15, -0.1) is 0 Å². The van der Waals surface area contributed by atoms with Crippen LogP contribution in [0.2, 0.25) is 0 Å². The van der Waals surface area contributed by atoms with Crippen molar-refractivity contribution in [3.05, 3.63) is 0 Å². The molecule has 1 amide bonds. The molecule has 2 rings (SSSR count). The fourth-order valence-electron chi connectivity index (χ4n) is 2.66. The van der Waals surface area contributed by atoms with Crippen LogP contribution in [-0.4, -0.2) is 35.5 Å². The normalized spacial score (nSPS) is 28.0. The van der Waals surface area contributed by atoms with Crippen molar-refractivity contribution in [2.24, 2.45) is 10.9 Å². The van der Waals surface area contributed by atoms with Gasteiger partial charge in [0, 0.05) is 12.3 Å². The van der Waals surface area contributed by atoms with Gasteiger partial charge >= 0.3 is 0 Å². The van der Waals surface area contributed by atoms with Crippen molar-refractivity contribution in [2.45, 2.75) is 58.0 Å². The second kappa shape index (κ2) is 7.17. The van der Waals surface area contributed by atoms with Gasteiger partial charge in [0.15, 0.2) is 5.17 Å². The smallest absolute Gasteiger partial charge is 0.242 e. The van der Waals surface area contributed by atoms with E-state index in [4.69, 9.17) is 4.99 Å². The minimum atomic E-state index is -0.196. The molecule has 1 aliphatic carbocycles. The molecule has 1 saturated carbocycles. The predicted molar refractivity (Wildman–Crippen MR) is 81.5 cm³/mol. The number of amides is 1. The highest BCUT2D eigenvalue weighted by Crippen LogP contribution is 2.33. The maximum absolute atomic E-state index is 11.8. The van der Waals surface area contributed by atoms with Crippen LogP contribution in [0.5, 0.6) is 0 Å². The third-order valence-electron chi connectivity index (χ3n) is 3.87. The number of carbonyl (C=O) groups is 1. The number of rotatable bonds is 4. The number of aliphatic imine (C=N–C) groups is 1. The van der Waals surface area contributed by atoms with Crippen molar-refractivity contribution in [3.8, 4) is 0 Å². The maximum Gasteiger partial charge on any atom is 0.242 e. The summed E-state index contributed by atoms with van der Waals surface area (Å²) in [4.78, 5) is 16.6. The lowest BCUT2D eigenvalue weighted by Crippen LogP contribution is -2.46. The summed E-state index contributed by atoms with van der Waals surface area (Å²) in [7, 11) is 0. The van der Waals surface area contributed by atoms with Crippen molar-refractivity contribution >= 4 is 22.8 Å². The van der Waals surface area contributed by atoms with E-state index in [0.717, 1.165) is 29.8 Å². The lowest BCUT2D eigenvalue weighted by molar-refractivity contribution is -0.122. The Labute approximate surface area is 120 Å². The van der Waals surface area contributed by atoms with E-state index in [0.29, 0.717) is 6.04 Å². The highest BCUT2D eigenvalue weighted by Gasteiger charge is 2.29. The summed E-state index contributed by atoms with van der Waals surface area (Å²) in [6.07, 6.45) is 6.16. The lowest BCUT2D eigenvalue weighted by Gasteiger charge is -2.33. The molecule has 0 aromatic heterocycles. The van der Waals surface area contributed by atoms with E-state index in [2.05, 4.69) is 17.6 Å². The second-order valence-corrected chi connectivity index (χ2v) is 6.52. The summed E-state index contributed by atoms with van der Waals surface area (Å²) in [5.41, 5.74) is 0. The largest absolute Gasteiger partial charge is 0.354 e. The first-order valence-corrected chi connectivity index (χ1v) is 8.44. The Morgan fingerprint density at radius 3 is 3.05 bits per heavy atom. The van der Waals surface area contributed by atoms with Gasteiger partial charge in [-0.2, -0.15) is 0 Å². The average Bonchev–Trinajstić information content (AvgIpc) is 2.44. The zero-order valence-electron chi connectivity index (χ0n) is 11.9. The molecule has 0 spiro atoms. The fourth-order valence-corrected chi connectivity index (χ4v) is 3.89. The molecule has 0 saturated heterocycles. The van der Waals surface area contributed by atoms with E-state index < -0.39 is 0 Å². The molecule has 1 aliphatic heterocycles. The maximum atomic E-state index is 11.8. The standard InChI is InChI=1S/C14H25N3OS/c1-3-8-15-13(18)10(2)16-14-17-12-7-5-4-6-11(12)9-19-14/h10-12H,3-9H2,1-2H3,(H,15,18)(H,16,17). The first kappa shape index (κ1) is 14.7. The third-order valence-corrected chi connectivity index (χ3v) is 4.96. The molecule has 1 fully saturated rings. The summed E-state index contributed by atoms with van der Waals surface area (Å²) in [5, 5.41) is 7.13. The molecule has 2 N–H and O–H groups in total. The van der Waals surface area contributed by atoms with E-state index >= 15 is 0 Å². The minimum Gasteiger partial charge on any atom is -0.354 e. The number of nitrogens with one attached hydrogen (secondary N) is 2. The third kappa shape index (κ3) is 4.13. The Morgan fingerprint density at radius 1 is 1.47 bits per heavy atom.